The summed E-state index contributed by atoms with van der Waals surface area (Å²) in [6, 6.07) is 4.04. The maximum atomic E-state index is 10.1. The maximum absolute atomic E-state index is 10.1. The fourth-order valence-corrected chi connectivity index (χ4v) is 3.27. The van der Waals surface area contributed by atoms with Crippen LogP contribution in [0.4, 0.5) is 0 Å². The number of morpholine rings is 1. The molecule has 2 aromatic heterocycles. The molecule has 2 atom stereocenters. The van der Waals surface area contributed by atoms with Crippen LogP contribution in [-0.2, 0) is 22.6 Å². The van der Waals surface area contributed by atoms with Gasteiger partial charge in [0, 0.05) is 24.5 Å². The molecule has 0 aromatic carbocycles. The van der Waals surface area contributed by atoms with Gasteiger partial charge in [0.05, 0.1) is 38.6 Å². The molecule has 0 amide bonds. The summed E-state index contributed by atoms with van der Waals surface area (Å²) in [6.07, 6.45) is 2.80. The minimum absolute atomic E-state index is 0.0738. The zero-order valence-corrected chi connectivity index (χ0v) is 13.8. The van der Waals surface area contributed by atoms with Crippen LogP contribution in [0.25, 0.3) is 0 Å². The molecule has 2 aromatic rings. The van der Waals surface area contributed by atoms with Gasteiger partial charge < -0.3 is 14.6 Å². The first-order valence-electron chi connectivity index (χ1n) is 7.74. The van der Waals surface area contributed by atoms with E-state index in [4.69, 9.17) is 9.47 Å². The number of ether oxygens (including phenoxy) is 2. The van der Waals surface area contributed by atoms with Crippen molar-refractivity contribution < 1.29 is 14.6 Å². The van der Waals surface area contributed by atoms with Gasteiger partial charge in [0.2, 0.25) is 0 Å². The largest absolute Gasteiger partial charge is 0.389 e. The van der Waals surface area contributed by atoms with E-state index < -0.39 is 6.10 Å². The lowest BCUT2D eigenvalue weighted by Gasteiger charge is -2.33. The van der Waals surface area contributed by atoms with Crippen LogP contribution in [0, 0.1) is 0 Å². The highest BCUT2D eigenvalue weighted by Crippen LogP contribution is 2.11. The van der Waals surface area contributed by atoms with E-state index in [0.29, 0.717) is 32.9 Å². The number of nitrogens with zero attached hydrogens (tertiary/aromatic N) is 4. The molecule has 23 heavy (non-hydrogen) atoms. The average molecular weight is 338 g/mol. The first-order chi connectivity index (χ1) is 11.3. The summed E-state index contributed by atoms with van der Waals surface area (Å²) < 4.78 is 13.1. The number of aromatic nitrogens is 3. The van der Waals surface area contributed by atoms with Crippen molar-refractivity contribution in [3.63, 3.8) is 0 Å². The number of β-amino-alcohol motifs (C(OH)–C–C–N with tert-alkyl or cyclic N) is 1. The third-order valence-corrected chi connectivity index (χ3v) is 4.53. The van der Waals surface area contributed by atoms with E-state index in [1.807, 2.05) is 17.5 Å². The van der Waals surface area contributed by atoms with E-state index in [2.05, 4.69) is 15.0 Å². The molecule has 0 aliphatic carbocycles. The Balaban J connectivity index is 1.36. The van der Waals surface area contributed by atoms with E-state index in [1.165, 1.54) is 11.2 Å². The van der Waals surface area contributed by atoms with Crippen LogP contribution in [-0.4, -0.2) is 69.8 Å². The van der Waals surface area contributed by atoms with Crippen molar-refractivity contribution >= 4 is 11.3 Å². The SMILES string of the molecule is O[C@H](COCc1cccs1)CN1CCO[C@@H](Cn2cncn2)C1. The highest BCUT2D eigenvalue weighted by atomic mass is 32.1. The van der Waals surface area contributed by atoms with Gasteiger partial charge in [-0.1, -0.05) is 6.07 Å². The fourth-order valence-electron chi connectivity index (χ4n) is 2.63. The van der Waals surface area contributed by atoms with Gasteiger partial charge in [0.15, 0.2) is 0 Å². The van der Waals surface area contributed by atoms with E-state index in [1.54, 1.807) is 22.3 Å². The highest BCUT2D eigenvalue weighted by Gasteiger charge is 2.22. The van der Waals surface area contributed by atoms with Crippen LogP contribution in [0.15, 0.2) is 30.2 Å². The predicted octanol–water partition coefficient (Wildman–Crippen LogP) is 0.618. The van der Waals surface area contributed by atoms with Gasteiger partial charge >= 0.3 is 0 Å². The average Bonchev–Trinajstić information content (AvgIpc) is 3.21. The Labute approximate surface area is 139 Å². The summed E-state index contributed by atoms with van der Waals surface area (Å²) in [5.74, 6) is 0. The van der Waals surface area contributed by atoms with Crippen molar-refractivity contribution in [2.24, 2.45) is 0 Å². The number of aliphatic hydroxyl groups is 1. The third-order valence-electron chi connectivity index (χ3n) is 3.68. The molecular weight excluding hydrogens is 316 g/mol. The molecule has 1 saturated heterocycles. The van der Waals surface area contributed by atoms with E-state index in [-0.39, 0.29) is 6.10 Å². The van der Waals surface area contributed by atoms with Gasteiger partial charge in [-0.25, -0.2) is 4.98 Å². The molecule has 0 radical (unpaired) electrons. The molecule has 3 heterocycles. The molecule has 1 fully saturated rings. The molecule has 126 valence electrons. The molecule has 3 rings (SSSR count). The Morgan fingerprint density at radius 2 is 2.48 bits per heavy atom. The fraction of sp³-hybridized carbons (Fsp3) is 0.600. The molecule has 1 aliphatic heterocycles. The number of rotatable bonds is 8. The lowest BCUT2D eigenvalue weighted by atomic mass is 10.2. The topological polar surface area (TPSA) is 72.6 Å². The van der Waals surface area contributed by atoms with Crippen LogP contribution >= 0.6 is 11.3 Å². The molecule has 1 aliphatic rings. The van der Waals surface area contributed by atoms with Crippen molar-refractivity contribution in [3.8, 4) is 0 Å². The lowest BCUT2D eigenvalue weighted by Crippen LogP contribution is -2.47. The summed E-state index contributed by atoms with van der Waals surface area (Å²) in [5.41, 5.74) is 0. The van der Waals surface area contributed by atoms with Crippen molar-refractivity contribution in [1.82, 2.24) is 19.7 Å². The summed E-state index contributed by atoms with van der Waals surface area (Å²) in [5, 5.41) is 16.3. The van der Waals surface area contributed by atoms with Gasteiger partial charge in [0.1, 0.15) is 12.7 Å². The second kappa shape index (κ2) is 8.51. The minimum Gasteiger partial charge on any atom is -0.389 e. The molecule has 8 heteroatoms. The van der Waals surface area contributed by atoms with Crippen LogP contribution in [0.2, 0.25) is 0 Å². The molecule has 0 saturated carbocycles. The molecule has 7 nitrogen and oxygen atoms in total. The smallest absolute Gasteiger partial charge is 0.137 e. The van der Waals surface area contributed by atoms with Gasteiger partial charge in [-0.05, 0) is 11.4 Å². The Morgan fingerprint density at radius 1 is 1.52 bits per heavy atom. The number of hydrogen-bond acceptors (Lipinski definition) is 7. The molecule has 0 unspecified atom stereocenters. The van der Waals surface area contributed by atoms with Crippen molar-refractivity contribution in [3.05, 3.63) is 35.0 Å². The Kier molecular flexibility index (Phi) is 6.12. The Morgan fingerprint density at radius 3 is 3.26 bits per heavy atom. The van der Waals surface area contributed by atoms with Crippen LogP contribution in [0.5, 0.6) is 0 Å². The minimum atomic E-state index is -0.486. The summed E-state index contributed by atoms with van der Waals surface area (Å²) in [7, 11) is 0. The number of thiophene rings is 1. The zero-order chi connectivity index (χ0) is 15.9. The summed E-state index contributed by atoms with van der Waals surface area (Å²) >= 11 is 1.67. The van der Waals surface area contributed by atoms with Crippen LogP contribution in [0.1, 0.15) is 4.88 Å². The van der Waals surface area contributed by atoms with Crippen LogP contribution < -0.4 is 0 Å². The summed E-state index contributed by atoms with van der Waals surface area (Å²) in [6.45, 7) is 4.47. The maximum Gasteiger partial charge on any atom is 0.137 e. The summed E-state index contributed by atoms with van der Waals surface area (Å²) in [4.78, 5) is 7.33. The first kappa shape index (κ1) is 16.5. The standard InChI is InChI=1S/C15H22N4O3S/c20-13(9-21-10-15-2-1-5-23-15)6-18-3-4-22-14(7-18)8-19-12-16-11-17-19/h1-2,5,11-14,20H,3-4,6-10H2/t13-,14+/m0/s1. The lowest BCUT2D eigenvalue weighted by molar-refractivity contribution is -0.0582. The van der Waals surface area contributed by atoms with E-state index in [0.717, 1.165) is 13.1 Å². The van der Waals surface area contributed by atoms with Crippen molar-refractivity contribution in [2.75, 3.05) is 32.8 Å². The zero-order valence-electron chi connectivity index (χ0n) is 13.0. The molecule has 0 bridgehead atoms. The van der Waals surface area contributed by atoms with Gasteiger partial charge in [-0.15, -0.1) is 11.3 Å². The van der Waals surface area contributed by atoms with Gasteiger partial charge in [-0.3, -0.25) is 9.58 Å². The van der Waals surface area contributed by atoms with Crippen molar-refractivity contribution in [2.45, 2.75) is 25.4 Å². The predicted molar refractivity (Wildman–Crippen MR) is 86.2 cm³/mol. The van der Waals surface area contributed by atoms with Crippen molar-refractivity contribution in [1.29, 1.82) is 0 Å². The Hall–Kier alpha value is -1.32. The quantitative estimate of drug-likeness (QED) is 0.761. The highest BCUT2D eigenvalue weighted by molar-refractivity contribution is 7.09. The molecule has 0 spiro atoms. The van der Waals surface area contributed by atoms with Gasteiger partial charge in [0.25, 0.3) is 0 Å². The van der Waals surface area contributed by atoms with E-state index in [9.17, 15) is 5.11 Å². The molecule has 1 N–H and O–H groups in total. The second-order valence-corrected chi connectivity index (χ2v) is 6.65. The van der Waals surface area contributed by atoms with Crippen LogP contribution in [0.3, 0.4) is 0 Å². The molecular formula is C15H22N4O3S. The normalized spacial score (nSPS) is 20.7. The first-order valence-corrected chi connectivity index (χ1v) is 8.62. The number of aliphatic hydroxyl groups excluding tert-OH is 1. The second-order valence-electron chi connectivity index (χ2n) is 5.62. The Bertz CT molecular complexity index is 549. The van der Waals surface area contributed by atoms with Gasteiger partial charge in [-0.2, -0.15) is 5.10 Å². The number of hydrogen-bond donors (Lipinski definition) is 1. The van der Waals surface area contributed by atoms with E-state index >= 15 is 0 Å². The third kappa shape index (κ3) is 5.36. The monoisotopic (exact) mass is 338 g/mol.